The van der Waals surface area contributed by atoms with Gasteiger partial charge in [0.05, 0.1) is 12.6 Å². The van der Waals surface area contributed by atoms with E-state index in [9.17, 15) is 0 Å². The third-order valence-corrected chi connectivity index (χ3v) is 1.90. The Kier molecular flexibility index (Phi) is 2.89. The molecule has 0 bridgehead atoms. The third kappa shape index (κ3) is 1.87. The minimum Gasteiger partial charge on any atom is -0.464 e. The normalized spacial score (nSPS) is 13.3. The first-order valence-corrected chi connectivity index (χ1v) is 3.96. The second-order valence-electron chi connectivity index (χ2n) is 2.95. The van der Waals surface area contributed by atoms with Gasteiger partial charge in [-0.3, -0.25) is 0 Å². The molecule has 68 valence electrons. The molecule has 1 heterocycles. The highest BCUT2D eigenvalue weighted by Crippen LogP contribution is 2.18. The Morgan fingerprint density at radius 2 is 2.25 bits per heavy atom. The lowest BCUT2D eigenvalue weighted by Crippen LogP contribution is -2.15. The van der Waals surface area contributed by atoms with E-state index in [4.69, 9.17) is 14.9 Å². The first-order valence-electron chi connectivity index (χ1n) is 3.96. The van der Waals surface area contributed by atoms with Crippen LogP contribution in [0.3, 0.4) is 0 Å². The second-order valence-corrected chi connectivity index (χ2v) is 2.95. The van der Waals surface area contributed by atoms with Crippen LogP contribution in [0.4, 0.5) is 0 Å². The molecule has 1 aromatic rings. The highest BCUT2D eigenvalue weighted by Gasteiger charge is 2.11. The number of furan rings is 1. The largest absolute Gasteiger partial charge is 0.464 e. The van der Waals surface area contributed by atoms with Crippen molar-refractivity contribution in [2.24, 2.45) is 5.73 Å². The fraction of sp³-hybridized carbons (Fsp3) is 0.556. The first kappa shape index (κ1) is 9.29. The second kappa shape index (κ2) is 3.74. The molecule has 3 heteroatoms. The maximum atomic E-state index is 5.77. The van der Waals surface area contributed by atoms with E-state index < -0.39 is 0 Å². The molecule has 0 fully saturated rings. The molecular weight excluding hydrogens is 154 g/mol. The van der Waals surface area contributed by atoms with E-state index in [-0.39, 0.29) is 6.04 Å². The summed E-state index contributed by atoms with van der Waals surface area (Å²) in [5.41, 5.74) is 6.90. The van der Waals surface area contributed by atoms with Gasteiger partial charge < -0.3 is 14.9 Å². The minimum atomic E-state index is -0.151. The van der Waals surface area contributed by atoms with Gasteiger partial charge in [-0.05, 0) is 25.5 Å². The predicted molar refractivity (Wildman–Crippen MR) is 47.0 cm³/mol. The van der Waals surface area contributed by atoms with Gasteiger partial charge in [0.1, 0.15) is 11.5 Å². The monoisotopic (exact) mass is 169 g/mol. The molecule has 0 aromatic carbocycles. The van der Waals surface area contributed by atoms with Gasteiger partial charge in [-0.15, -0.1) is 0 Å². The maximum absolute atomic E-state index is 5.77. The van der Waals surface area contributed by atoms with Gasteiger partial charge in [-0.25, -0.2) is 0 Å². The summed E-state index contributed by atoms with van der Waals surface area (Å²) in [5, 5.41) is 0. The van der Waals surface area contributed by atoms with E-state index in [1.165, 1.54) is 0 Å². The Balaban J connectivity index is 2.74. The van der Waals surface area contributed by atoms with Crippen molar-refractivity contribution in [3.63, 3.8) is 0 Å². The lowest BCUT2D eigenvalue weighted by atomic mass is 10.2. The summed E-state index contributed by atoms with van der Waals surface area (Å²) >= 11 is 0. The van der Waals surface area contributed by atoms with E-state index >= 15 is 0 Å². The third-order valence-electron chi connectivity index (χ3n) is 1.90. The quantitative estimate of drug-likeness (QED) is 0.746. The molecule has 0 spiro atoms. The standard InChI is InChI=1S/C9H15NO2/c1-6-4-9(12-7(6)2)8(10)5-11-3/h4,8H,5,10H2,1-3H3/t8-/m1/s1. The highest BCUT2D eigenvalue weighted by molar-refractivity contribution is 5.20. The molecule has 0 saturated carbocycles. The van der Waals surface area contributed by atoms with Crippen LogP contribution in [0, 0.1) is 13.8 Å². The van der Waals surface area contributed by atoms with Crippen LogP contribution < -0.4 is 5.73 Å². The van der Waals surface area contributed by atoms with E-state index in [0.29, 0.717) is 6.61 Å². The van der Waals surface area contributed by atoms with Crippen LogP contribution in [0.5, 0.6) is 0 Å². The molecule has 0 unspecified atom stereocenters. The summed E-state index contributed by atoms with van der Waals surface area (Å²) in [7, 11) is 1.63. The maximum Gasteiger partial charge on any atom is 0.123 e. The average molecular weight is 169 g/mol. The van der Waals surface area contributed by atoms with Crippen LogP contribution in [0.1, 0.15) is 23.1 Å². The van der Waals surface area contributed by atoms with E-state index in [1.807, 2.05) is 19.9 Å². The fourth-order valence-electron chi connectivity index (χ4n) is 1.05. The van der Waals surface area contributed by atoms with Gasteiger partial charge in [0.25, 0.3) is 0 Å². The SMILES string of the molecule is COC[C@@H](N)c1cc(C)c(C)o1. The van der Waals surface area contributed by atoms with Crippen LogP contribution in [0.2, 0.25) is 0 Å². The van der Waals surface area contributed by atoms with Gasteiger partial charge in [0.15, 0.2) is 0 Å². The summed E-state index contributed by atoms with van der Waals surface area (Å²) in [6.45, 7) is 4.42. The number of nitrogens with two attached hydrogens (primary N) is 1. The van der Waals surface area contributed by atoms with Crippen molar-refractivity contribution in [2.45, 2.75) is 19.9 Å². The van der Waals surface area contributed by atoms with E-state index in [0.717, 1.165) is 17.1 Å². The van der Waals surface area contributed by atoms with Crippen LogP contribution in [-0.2, 0) is 4.74 Å². The molecule has 2 N–H and O–H groups in total. The van der Waals surface area contributed by atoms with E-state index in [2.05, 4.69) is 0 Å². The Morgan fingerprint density at radius 1 is 1.58 bits per heavy atom. The van der Waals surface area contributed by atoms with Gasteiger partial charge >= 0.3 is 0 Å². The fourth-order valence-corrected chi connectivity index (χ4v) is 1.05. The number of hydrogen-bond donors (Lipinski definition) is 1. The zero-order valence-corrected chi connectivity index (χ0v) is 7.76. The molecule has 0 radical (unpaired) electrons. The van der Waals surface area contributed by atoms with Gasteiger partial charge in [0, 0.05) is 7.11 Å². The van der Waals surface area contributed by atoms with Crippen molar-refractivity contribution in [3.05, 3.63) is 23.2 Å². The lowest BCUT2D eigenvalue weighted by molar-refractivity contribution is 0.172. The average Bonchev–Trinajstić information content (AvgIpc) is 2.33. The summed E-state index contributed by atoms with van der Waals surface area (Å²) in [6, 6.07) is 1.81. The number of ether oxygens (including phenoxy) is 1. The number of rotatable bonds is 3. The molecule has 0 aliphatic rings. The topological polar surface area (TPSA) is 48.4 Å². The number of aryl methyl sites for hydroxylation is 2. The lowest BCUT2D eigenvalue weighted by Gasteiger charge is -2.05. The Labute approximate surface area is 72.5 Å². The molecule has 0 saturated heterocycles. The predicted octanol–water partition coefficient (Wildman–Crippen LogP) is 1.54. The summed E-state index contributed by atoms with van der Waals surface area (Å²) in [5.74, 6) is 1.73. The number of hydrogen-bond acceptors (Lipinski definition) is 3. The summed E-state index contributed by atoms with van der Waals surface area (Å²) in [4.78, 5) is 0. The Bertz CT molecular complexity index is 236. The van der Waals surface area contributed by atoms with Crippen LogP contribution in [-0.4, -0.2) is 13.7 Å². The van der Waals surface area contributed by atoms with Crippen molar-refractivity contribution in [3.8, 4) is 0 Å². The van der Waals surface area contributed by atoms with E-state index in [1.54, 1.807) is 7.11 Å². The highest BCUT2D eigenvalue weighted by atomic mass is 16.5. The molecule has 3 nitrogen and oxygen atoms in total. The van der Waals surface area contributed by atoms with Crippen LogP contribution in [0.25, 0.3) is 0 Å². The molecule has 0 amide bonds. The molecule has 1 rings (SSSR count). The van der Waals surface area contributed by atoms with Crippen molar-refractivity contribution >= 4 is 0 Å². The molecule has 1 atom stereocenters. The van der Waals surface area contributed by atoms with Crippen LogP contribution in [0.15, 0.2) is 10.5 Å². The molecule has 1 aromatic heterocycles. The zero-order chi connectivity index (χ0) is 9.14. The van der Waals surface area contributed by atoms with Crippen molar-refractivity contribution in [2.75, 3.05) is 13.7 Å². The first-order chi connectivity index (χ1) is 5.65. The van der Waals surface area contributed by atoms with Crippen molar-refractivity contribution in [1.29, 1.82) is 0 Å². The van der Waals surface area contributed by atoms with Gasteiger partial charge in [-0.2, -0.15) is 0 Å². The molecule has 12 heavy (non-hydrogen) atoms. The Hall–Kier alpha value is -0.800. The summed E-state index contributed by atoms with van der Waals surface area (Å²) in [6.07, 6.45) is 0. The summed E-state index contributed by atoms with van der Waals surface area (Å²) < 4.78 is 10.3. The number of methoxy groups -OCH3 is 1. The zero-order valence-electron chi connectivity index (χ0n) is 7.76. The molecular formula is C9H15NO2. The van der Waals surface area contributed by atoms with Crippen molar-refractivity contribution < 1.29 is 9.15 Å². The molecule has 0 aliphatic heterocycles. The van der Waals surface area contributed by atoms with Gasteiger partial charge in [0.2, 0.25) is 0 Å². The van der Waals surface area contributed by atoms with Gasteiger partial charge in [-0.1, -0.05) is 0 Å². The molecule has 0 aliphatic carbocycles. The minimum absolute atomic E-state index is 0.151. The van der Waals surface area contributed by atoms with Crippen LogP contribution >= 0.6 is 0 Å². The Morgan fingerprint density at radius 3 is 2.67 bits per heavy atom. The smallest absolute Gasteiger partial charge is 0.123 e. The van der Waals surface area contributed by atoms with Crippen molar-refractivity contribution in [1.82, 2.24) is 0 Å².